The molecule has 0 heterocycles. The van der Waals surface area contributed by atoms with Crippen molar-refractivity contribution in [1.82, 2.24) is 0 Å². The zero-order valence-corrected chi connectivity index (χ0v) is 19.8. The summed E-state index contributed by atoms with van der Waals surface area (Å²) in [5.41, 5.74) is 0. The standard InChI is InChI=1S/C24H50NO3/c1-6-8-9-10-11-12-13-14-15-16-17-18-19-20-21-22-24(26)28-27-23(7-2)25(3,4)5/h23H,6-22H2,1-5H3/q+1. The maximum Gasteiger partial charge on any atom is 0.342 e. The lowest BCUT2D eigenvalue weighted by Gasteiger charge is -2.31. The second-order valence-electron chi connectivity index (χ2n) is 9.23. The van der Waals surface area contributed by atoms with E-state index >= 15 is 0 Å². The third-order valence-electron chi connectivity index (χ3n) is 5.45. The molecule has 0 saturated carbocycles. The number of hydrogen-bond donors (Lipinski definition) is 0. The lowest BCUT2D eigenvalue weighted by atomic mass is 10.0. The average molecular weight is 401 g/mol. The van der Waals surface area contributed by atoms with Gasteiger partial charge >= 0.3 is 5.97 Å². The number of unbranched alkanes of at least 4 members (excludes halogenated alkanes) is 14. The second-order valence-corrected chi connectivity index (χ2v) is 9.23. The predicted molar refractivity (Wildman–Crippen MR) is 119 cm³/mol. The third kappa shape index (κ3) is 17.5. The van der Waals surface area contributed by atoms with Crippen molar-refractivity contribution in [3.05, 3.63) is 0 Å². The van der Waals surface area contributed by atoms with Crippen molar-refractivity contribution in [3.8, 4) is 0 Å². The van der Waals surface area contributed by atoms with E-state index in [9.17, 15) is 4.79 Å². The molecule has 0 aromatic rings. The molecule has 0 aliphatic carbocycles. The molecule has 4 nitrogen and oxygen atoms in total. The van der Waals surface area contributed by atoms with Crippen LogP contribution in [0, 0.1) is 0 Å². The van der Waals surface area contributed by atoms with Crippen molar-refractivity contribution in [1.29, 1.82) is 0 Å². The van der Waals surface area contributed by atoms with Crippen LogP contribution in [-0.2, 0) is 14.6 Å². The topological polar surface area (TPSA) is 35.5 Å². The quantitative estimate of drug-likeness (QED) is 0.0714. The van der Waals surface area contributed by atoms with Gasteiger partial charge in [0.25, 0.3) is 0 Å². The van der Waals surface area contributed by atoms with Crippen molar-refractivity contribution in [2.75, 3.05) is 21.1 Å². The summed E-state index contributed by atoms with van der Waals surface area (Å²) >= 11 is 0. The molecule has 0 aromatic carbocycles. The highest BCUT2D eigenvalue weighted by atomic mass is 17.2. The van der Waals surface area contributed by atoms with Crippen LogP contribution < -0.4 is 0 Å². The Labute approximate surface area is 175 Å². The predicted octanol–water partition coefficient (Wildman–Crippen LogP) is 7.17. The molecular weight excluding hydrogens is 350 g/mol. The largest absolute Gasteiger partial charge is 0.342 e. The van der Waals surface area contributed by atoms with Crippen molar-refractivity contribution in [2.45, 2.75) is 129 Å². The SMILES string of the molecule is CCCCCCCCCCCCCCCCCC(=O)OOC(CC)[N+](C)(C)C. The van der Waals surface area contributed by atoms with E-state index in [2.05, 4.69) is 6.92 Å². The first-order valence-corrected chi connectivity index (χ1v) is 12.1. The number of hydrogen-bond acceptors (Lipinski definition) is 3. The molecule has 168 valence electrons. The van der Waals surface area contributed by atoms with Crippen molar-refractivity contribution in [3.63, 3.8) is 0 Å². The Morgan fingerprint density at radius 3 is 1.43 bits per heavy atom. The molecule has 0 bridgehead atoms. The van der Waals surface area contributed by atoms with Crippen molar-refractivity contribution < 1.29 is 19.1 Å². The Morgan fingerprint density at radius 1 is 0.679 bits per heavy atom. The van der Waals surface area contributed by atoms with Crippen molar-refractivity contribution in [2.24, 2.45) is 0 Å². The zero-order chi connectivity index (χ0) is 21.1. The van der Waals surface area contributed by atoms with Gasteiger partial charge in [0.2, 0.25) is 6.23 Å². The van der Waals surface area contributed by atoms with Gasteiger partial charge in [0.1, 0.15) is 0 Å². The Kier molecular flexibility index (Phi) is 18.0. The van der Waals surface area contributed by atoms with Gasteiger partial charge in [-0.3, -0.25) is 4.89 Å². The molecule has 0 rings (SSSR count). The summed E-state index contributed by atoms with van der Waals surface area (Å²) in [6.07, 6.45) is 21.1. The van der Waals surface area contributed by atoms with E-state index in [4.69, 9.17) is 9.78 Å². The summed E-state index contributed by atoms with van der Waals surface area (Å²) in [4.78, 5) is 22.1. The molecule has 0 radical (unpaired) electrons. The van der Waals surface area contributed by atoms with Gasteiger partial charge in [0.15, 0.2) is 0 Å². The molecule has 0 N–H and O–H groups in total. The summed E-state index contributed by atoms with van der Waals surface area (Å²) in [6, 6.07) is 0. The molecule has 0 aliphatic heterocycles. The molecule has 0 aliphatic rings. The van der Waals surface area contributed by atoms with Gasteiger partial charge in [-0.15, -0.1) is 4.89 Å². The lowest BCUT2D eigenvalue weighted by Crippen LogP contribution is -2.46. The zero-order valence-electron chi connectivity index (χ0n) is 19.8. The Morgan fingerprint density at radius 2 is 1.07 bits per heavy atom. The van der Waals surface area contributed by atoms with Crippen LogP contribution >= 0.6 is 0 Å². The van der Waals surface area contributed by atoms with Gasteiger partial charge in [-0.05, 0) is 6.42 Å². The molecule has 0 aromatic heterocycles. The van der Waals surface area contributed by atoms with Crippen LogP contribution in [0.1, 0.15) is 123 Å². The van der Waals surface area contributed by atoms with Gasteiger partial charge < -0.3 is 4.48 Å². The summed E-state index contributed by atoms with van der Waals surface area (Å²) in [7, 11) is 6.12. The number of rotatable bonds is 20. The summed E-state index contributed by atoms with van der Waals surface area (Å²) in [6.45, 7) is 4.32. The first kappa shape index (κ1) is 27.4. The fourth-order valence-electron chi connectivity index (χ4n) is 3.54. The number of quaternary nitrogens is 1. The average Bonchev–Trinajstić information content (AvgIpc) is 2.64. The minimum absolute atomic E-state index is 0.106. The number of carbonyl (C=O) groups excluding carboxylic acids is 1. The summed E-state index contributed by atoms with van der Waals surface area (Å²) in [5.74, 6) is -0.235. The van der Waals surface area contributed by atoms with Gasteiger partial charge in [-0.1, -0.05) is 104 Å². The van der Waals surface area contributed by atoms with Crippen LogP contribution in [0.15, 0.2) is 0 Å². The van der Waals surface area contributed by atoms with Crippen molar-refractivity contribution >= 4 is 5.97 Å². The first-order valence-electron chi connectivity index (χ1n) is 12.1. The van der Waals surface area contributed by atoms with Gasteiger partial charge in [0.05, 0.1) is 21.1 Å². The molecule has 0 spiro atoms. The Balaban J connectivity index is 3.34. The molecule has 4 heteroatoms. The maximum absolute atomic E-state index is 11.8. The van der Waals surface area contributed by atoms with Crippen LogP contribution in [-0.4, -0.2) is 37.8 Å². The van der Waals surface area contributed by atoms with E-state index in [1.165, 1.54) is 83.5 Å². The van der Waals surface area contributed by atoms with E-state index in [0.717, 1.165) is 19.3 Å². The molecule has 0 amide bonds. The number of carbonyl (C=O) groups is 1. The third-order valence-corrected chi connectivity index (χ3v) is 5.45. The maximum atomic E-state index is 11.8. The highest BCUT2D eigenvalue weighted by Gasteiger charge is 2.25. The van der Waals surface area contributed by atoms with Gasteiger partial charge in [-0.25, -0.2) is 4.79 Å². The molecule has 28 heavy (non-hydrogen) atoms. The van der Waals surface area contributed by atoms with E-state index in [0.29, 0.717) is 10.9 Å². The lowest BCUT2D eigenvalue weighted by molar-refractivity contribution is -0.929. The summed E-state index contributed by atoms with van der Waals surface area (Å²) < 4.78 is 0.628. The van der Waals surface area contributed by atoms with Gasteiger partial charge in [0, 0.05) is 12.8 Å². The normalized spacial score (nSPS) is 12.9. The van der Waals surface area contributed by atoms with E-state index in [-0.39, 0.29) is 12.2 Å². The first-order chi connectivity index (χ1) is 13.4. The number of nitrogens with zero attached hydrogens (tertiary/aromatic N) is 1. The fraction of sp³-hybridized carbons (Fsp3) is 0.958. The minimum Gasteiger partial charge on any atom is -0.303 e. The summed E-state index contributed by atoms with van der Waals surface area (Å²) in [5, 5.41) is 0. The van der Waals surface area contributed by atoms with Crippen LogP contribution in [0.2, 0.25) is 0 Å². The fourth-order valence-corrected chi connectivity index (χ4v) is 3.54. The van der Waals surface area contributed by atoms with Crippen LogP contribution in [0.4, 0.5) is 0 Å². The van der Waals surface area contributed by atoms with Crippen LogP contribution in [0.3, 0.4) is 0 Å². The van der Waals surface area contributed by atoms with Gasteiger partial charge in [-0.2, -0.15) is 0 Å². The highest BCUT2D eigenvalue weighted by molar-refractivity contribution is 5.68. The minimum atomic E-state index is -0.235. The van der Waals surface area contributed by atoms with E-state index < -0.39 is 0 Å². The molecule has 0 saturated heterocycles. The van der Waals surface area contributed by atoms with Crippen LogP contribution in [0.5, 0.6) is 0 Å². The molecule has 1 atom stereocenters. The smallest absolute Gasteiger partial charge is 0.303 e. The highest BCUT2D eigenvalue weighted by Crippen LogP contribution is 2.14. The molecular formula is C24H50NO3+. The molecule has 0 fully saturated rings. The molecule has 1 unspecified atom stereocenters. The van der Waals surface area contributed by atoms with Crippen LogP contribution in [0.25, 0.3) is 0 Å². The van der Waals surface area contributed by atoms with E-state index in [1.807, 2.05) is 28.1 Å². The Bertz CT molecular complexity index is 352. The monoisotopic (exact) mass is 400 g/mol. The van der Waals surface area contributed by atoms with E-state index in [1.54, 1.807) is 0 Å². The second kappa shape index (κ2) is 18.4. The Hall–Kier alpha value is -0.610.